The first-order chi connectivity index (χ1) is 16.3. The van der Waals surface area contributed by atoms with Crippen LogP contribution < -0.4 is 5.30 Å². The average molecular weight is 472 g/mol. The lowest BCUT2D eigenvalue weighted by Crippen LogP contribution is -2.35. The summed E-state index contributed by atoms with van der Waals surface area (Å²) in [5, 5.41) is 4.14. The first-order valence-electron chi connectivity index (χ1n) is 12.7. The number of nitrogens with zero attached hydrogens (tertiary/aromatic N) is 3. The number of aryl methyl sites for hydroxylation is 3. The van der Waals surface area contributed by atoms with E-state index in [1.165, 1.54) is 51.1 Å². The molecule has 0 radical (unpaired) electrons. The number of aromatic nitrogens is 1. The Morgan fingerprint density at radius 3 is 2.21 bits per heavy atom. The van der Waals surface area contributed by atoms with Crippen LogP contribution in [-0.2, 0) is 6.54 Å². The maximum atomic E-state index is 5.76. The minimum absolute atomic E-state index is 0.0208. The van der Waals surface area contributed by atoms with Crippen molar-refractivity contribution < 1.29 is 0 Å². The monoisotopic (exact) mass is 471 g/mol. The zero-order chi connectivity index (χ0) is 24.1. The van der Waals surface area contributed by atoms with E-state index in [1.807, 2.05) is 0 Å². The van der Waals surface area contributed by atoms with Crippen molar-refractivity contribution in [3.8, 4) is 0 Å². The molecule has 0 N–H and O–H groups in total. The molecule has 0 spiro atoms. The van der Waals surface area contributed by atoms with Gasteiger partial charge in [0, 0.05) is 51.9 Å². The first-order valence-corrected chi connectivity index (χ1v) is 14.4. The Balaban J connectivity index is 1.86. The van der Waals surface area contributed by atoms with Crippen LogP contribution >= 0.6 is 7.21 Å². The van der Waals surface area contributed by atoms with Gasteiger partial charge in [0.05, 0.1) is 12.9 Å². The molecule has 1 atom stereocenters. The van der Waals surface area contributed by atoms with E-state index in [0.29, 0.717) is 0 Å². The standard InChI is InChI=1S/C30H38N3P/c1-7-33-28-13-9-8-12-26(28)27-21-25(16-17-29(27)33)34(30(4,5)6,32-18-10-11-19-32)31-24-15-14-22(2)23(3)20-24/h8-9,12-17,20-21H,7,10-11,18-19H2,1-6H3/t34-/m1/s1. The third-order valence-corrected chi connectivity index (χ3v) is 12.2. The van der Waals surface area contributed by atoms with Crippen molar-refractivity contribution in [3.63, 3.8) is 0 Å². The number of hydrogen-bond donors (Lipinski definition) is 0. The highest BCUT2D eigenvalue weighted by Gasteiger charge is 2.42. The fourth-order valence-electron chi connectivity index (χ4n) is 5.77. The van der Waals surface area contributed by atoms with Crippen molar-refractivity contribution in [1.82, 2.24) is 9.24 Å². The summed E-state index contributed by atoms with van der Waals surface area (Å²) in [5.41, 5.74) is 6.41. The van der Waals surface area contributed by atoms with E-state index in [1.54, 1.807) is 0 Å². The first kappa shape index (κ1) is 23.4. The van der Waals surface area contributed by atoms with Gasteiger partial charge in [0.1, 0.15) is 0 Å². The van der Waals surface area contributed by atoms with Gasteiger partial charge < -0.3 is 4.57 Å². The van der Waals surface area contributed by atoms with Gasteiger partial charge in [0.15, 0.2) is 0 Å². The number of rotatable bonds is 4. The average Bonchev–Trinajstić information content (AvgIpc) is 3.45. The van der Waals surface area contributed by atoms with Gasteiger partial charge in [-0.05, 0) is 81.1 Å². The summed E-state index contributed by atoms with van der Waals surface area (Å²) in [7, 11) is -2.07. The second-order valence-electron chi connectivity index (χ2n) is 10.8. The van der Waals surface area contributed by atoms with Crippen LogP contribution in [0.2, 0.25) is 0 Å². The molecule has 178 valence electrons. The Labute approximate surface area is 204 Å². The van der Waals surface area contributed by atoms with Crippen LogP contribution in [0.3, 0.4) is 0 Å². The molecule has 1 saturated heterocycles. The largest absolute Gasteiger partial charge is 0.341 e. The van der Waals surface area contributed by atoms with E-state index >= 15 is 0 Å². The molecule has 34 heavy (non-hydrogen) atoms. The zero-order valence-corrected chi connectivity index (χ0v) is 22.5. The van der Waals surface area contributed by atoms with Crippen molar-refractivity contribution in [2.75, 3.05) is 13.1 Å². The summed E-state index contributed by atoms with van der Waals surface area (Å²) in [6.45, 7) is 17.1. The van der Waals surface area contributed by atoms with Crippen LogP contribution in [0.5, 0.6) is 0 Å². The summed E-state index contributed by atoms with van der Waals surface area (Å²) in [5.74, 6) is 0. The SMILES string of the molecule is CCn1c2ccccc2c2cc([P@@](=Nc3ccc(C)c(C)c3)(N3CCCC3)C(C)(C)C)ccc21. The third-order valence-electron chi connectivity index (χ3n) is 7.61. The van der Waals surface area contributed by atoms with E-state index in [2.05, 4.69) is 111 Å². The van der Waals surface area contributed by atoms with Crippen LogP contribution in [0.4, 0.5) is 5.69 Å². The topological polar surface area (TPSA) is 20.5 Å². The highest BCUT2D eigenvalue weighted by molar-refractivity contribution is 7.73. The molecule has 4 aromatic rings. The molecule has 0 unspecified atom stereocenters. The van der Waals surface area contributed by atoms with E-state index in [4.69, 9.17) is 4.74 Å². The molecule has 0 amide bonds. The Morgan fingerprint density at radius 1 is 0.824 bits per heavy atom. The molecule has 0 bridgehead atoms. The molecule has 4 heteroatoms. The van der Waals surface area contributed by atoms with Gasteiger partial charge in [-0.1, -0.05) is 45.0 Å². The second-order valence-corrected chi connectivity index (χ2v) is 14.6. The molecule has 1 aliphatic heterocycles. The van der Waals surface area contributed by atoms with Crippen molar-refractivity contribution in [1.29, 1.82) is 0 Å². The predicted molar refractivity (Wildman–Crippen MR) is 150 cm³/mol. The number of benzene rings is 3. The second kappa shape index (κ2) is 8.70. The summed E-state index contributed by atoms with van der Waals surface area (Å²) in [4.78, 5) is 0. The zero-order valence-electron chi connectivity index (χ0n) is 21.6. The molecule has 1 fully saturated rings. The maximum absolute atomic E-state index is 5.76. The van der Waals surface area contributed by atoms with Gasteiger partial charge in [0.25, 0.3) is 0 Å². The van der Waals surface area contributed by atoms with Crippen LogP contribution in [-0.4, -0.2) is 27.5 Å². The number of para-hydroxylation sites is 1. The fraction of sp³-hybridized carbons (Fsp3) is 0.400. The van der Waals surface area contributed by atoms with Crippen LogP contribution in [0.25, 0.3) is 21.8 Å². The Bertz CT molecular complexity index is 1410. The summed E-state index contributed by atoms with van der Waals surface area (Å²) < 4.78 is 11.0. The fourth-order valence-corrected chi connectivity index (χ4v) is 10.2. The molecule has 3 aromatic carbocycles. The normalized spacial score (nSPS) is 16.9. The van der Waals surface area contributed by atoms with Crippen molar-refractivity contribution >= 4 is 40.0 Å². The molecule has 0 saturated carbocycles. The quantitative estimate of drug-likeness (QED) is 0.274. The van der Waals surface area contributed by atoms with Gasteiger partial charge in [-0.2, -0.15) is 0 Å². The minimum atomic E-state index is -2.07. The van der Waals surface area contributed by atoms with Gasteiger partial charge >= 0.3 is 0 Å². The molecule has 0 aliphatic carbocycles. The molecular formula is C30H38N3P. The third kappa shape index (κ3) is 3.65. The van der Waals surface area contributed by atoms with E-state index in [9.17, 15) is 0 Å². The molecule has 5 rings (SSSR count). The molecule has 2 heterocycles. The van der Waals surface area contributed by atoms with Crippen LogP contribution in [0.15, 0.2) is 65.4 Å². The molecule has 1 aromatic heterocycles. The lowest BCUT2D eigenvalue weighted by atomic mass is 10.1. The predicted octanol–water partition coefficient (Wildman–Crippen LogP) is 8.40. The maximum Gasteiger partial charge on any atom is 0.0720 e. The van der Waals surface area contributed by atoms with Crippen molar-refractivity contribution in [2.24, 2.45) is 4.74 Å². The molecular weight excluding hydrogens is 433 g/mol. The van der Waals surface area contributed by atoms with Crippen LogP contribution in [0.1, 0.15) is 51.7 Å². The number of fused-ring (bicyclic) bond motifs is 3. The highest BCUT2D eigenvalue weighted by Crippen LogP contribution is 2.65. The van der Waals surface area contributed by atoms with Gasteiger partial charge in [0.2, 0.25) is 0 Å². The smallest absolute Gasteiger partial charge is 0.0720 e. The van der Waals surface area contributed by atoms with Crippen LogP contribution in [0, 0.1) is 13.8 Å². The van der Waals surface area contributed by atoms with Crippen molar-refractivity contribution in [3.05, 3.63) is 71.8 Å². The summed E-state index contributed by atoms with van der Waals surface area (Å²) >= 11 is 0. The van der Waals surface area contributed by atoms with E-state index in [0.717, 1.165) is 25.3 Å². The van der Waals surface area contributed by atoms with Crippen molar-refractivity contribution in [2.45, 2.75) is 66.1 Å². The Hall–Kier alpha value is -2.35. The van der Waals surface area contributed by atoms with E-state index < -0.39 is 7.21 Å². The highest BCUT2D eigenvalue weighted by atomic mass is 31.2. The lowest BCUT2D eigenvalue weighted by molar-refractivity contribution is 0.538. The Morgan fingerprint density at radius 2 is 1.53 bits per heavy atom. The summed E-state index contributed by atoms with van der Waals surface area (Å²) in [6, 6.07) is 22.8. The number of hydrogen-bond acceptors (Lipinski definition) is 1. The van der Waals surface area contributed by atoms with Gasteiger partial charge in [-0.3, -0.25) is 4.67 Å². The minimum Gasteiger partial charge on any atom is -0.341 e. The van der Waals surface area contributed by atoms with E-state index in [-0.39, 0.29) is 5.16 Å². The summed E-state index contributed by atoms with van der Waals surface area (Å²) in [6.07, 6.45) is 2.52. The van der Waals surface area contributed by atoms with Gasteiger partial charge in [-0.15, -0.1) is 0 Å². The Kier molecular flexibility index (Phi) is 5.99. The molecule has 1 aliphatic rings. The lowest BCUT2D eigenvalue weighted by Gasteiger charge is -2.44. The molecule has 3 nitrogen and oxygen atoms in total. The van der Waals surface area contributed by atoms with Gasteiger partial charge in [-0.25, -0.2) is 4.74 Å².